The van der Waals surface area contributed by atoms with E-state index < -0.39 is 6.10 Å². The molecule has 0 aliphatic heterocycles. The molecule has 3 heteroatoms. The number of aliphatic hydroxyl groups excluding tert-OH is 1. The van der Waals surface area contributed by atoms with Gasteiger partial charge >= 0.3 is 0 Å². The van der Waals surface area contributed by atoms with E-state index in [9.17, 15) is 9.50 Å². The van der Waals surface area contributed by atoms with Crippen molar-refractivity contribution in [2.45, 2.75) is 12.5 Å². The maximum atomic E-state index is 12.9. The minimum Gasteiger partial charge on any atom is -0.388 e. The van der Waals surface area contributed by atoms with Crippen LogP contribution in [0.4, 0.5) is 4.39 Å². The van der Waals surface area contributed by atoms with Gasteiger partial charge in [0.1, 0.15) is 5.82 Å². The van der Waals surface area contributed by atoms with Gasteiger partial charge in [-0.25, -0.2) is 4.39 Å². The van der Waals surface area contributed by atoms with Gasteiger partial charge in [0.25, 0.3) is 0 Å². The molecule has 0 fully saturated rings. The van der Waals surface area contributed by atoms with Crippen molar-refractivity contribution in [1.29, 1.82) is 0 Å². The smallest absolute Gasteiger partial charge is 0.124 e. The van der Waals surface area contributed by atoms with Crippen molar-refractivity contribution in [2.24, 2.45) is 0 Å². The summed E-state index contributed by atoms with van der Waals surface area (Å²) in [6.07, 6.45) is -0.248. The van der Waals surface area contributed by atoms with Gasteiger partial charge in [0.15, 0.2) is 0 Å². The lowest BCUT2D eigenvalue weighted by Crippen LogP contribution is -2.02. The molecule has 1 N–H and O–H groups in total. The Hall–Kier alpha value is -1.38. The Morgan fingerprint density at radius 1 is 1.12 bits per heavy atom. The molecule has 1 nitrogen and oxygen atoms in total. The lowest BCUT2D eigenvalue weighted by Gasteiger charge is -2.12. The number of hydrogen-bond acceptors (Lipinski definition) is 1. The van der Waals surface area contributed by atoms with Crippen LogP contribution in [0.25, 0.3) is 0 Å². The van der Waals surface area contributed by atoms with E-state index in [1.165, 1.54) is 12.1 Å². The van der Waals surface area contributed by atoms with Gasteiger partial charge in [0.05, 0.1) is 6.10 Å². The van der Waals surface area contributed by atoms with Gasteiger partial charge in [-0.05, 0) is 23.3 Å². The van der Waals surface area contributed by atoms with Gasteiger partial charge in [-0.3, -0.25) is 0 Å². The zero-order valence-electron chi connectivity index (χ0n) is 9.11. The Morgan fingerprint density at radius 3 is 2.47 bits per heavy atom. The summed E-state index contributed by atoms with van der Waals surface area (Å²) in [5.74, 6) is -0.368. The molecule has 0 saturated carbocycles. The third kappa shape index (κ3) is 3.05. The van der Waals surface area contributed by atoms with Crippen LogP contribution in [0.3, 0.4) is 0 Å². The van der Waals surface area contributed by atoms with Gasteiger partial charge in [-0.2, -0.15) is 0 Å². The molecule has 0 aromatic heterocycles. The minimum absolute atomic E-state index is 0.347. The number of benzene rings is 2. The van der Waals surface area contributed by atoms with Gasteiger partial charge in [-0.1, -0.05) is 48.0 Å². The Bertz CT molecular complexity index is 499. The molecule has 0 spiro atoms. The van der Waals surface area contributed by atoms with Crippen LogP contribution in [0.15, 0.2) is 48.5 Å². The maximum Gasteiger partial charge on any atom is 0.124 e. The summed E-state index contributed by atoms with van der Waals surface area (Å²) in [4.78, 5) is 0. The van der Waals surface area contributed by atoms with Crippen LogP contribution >= 0.6 is 11.6 Å². The zero-order chi connectivity index (χ0) is 12.3. The van der Waals surface area contributed by atoms with E-state index in [-0.39, 0.29) is 5.82 Å². The SMILES string of the molecule is OC(Cc1ccc(F)cc1Cl)c1ccccc1. The van der Waals surface area contributed by atoms with Crippen LogP contribution in [0.1, 0.15) is 17.2 Å². The van der Waals surface area contributed by atoms with Crippen LogP contribution in [0, 0.1) is 5.82 Å². The second kappa shape index (κ2) is 5.30. The van der Waals surface area contributed by atoms with Crippen molar-refractivity contribution in [1.82, 2.24) is 0 Å². The zero-order valence-corrected chi connectivity index (χ0v) is 9.86. The fourth-order valence-corrected chi connectivity index (χ4v) is 1.93. The van der Waals surface area contributed by atoms with Crippen molar-refractivity contribution in [3.8, 4) is 0 Å². The highest BCUT2D eigenvalue weighted by Crippen LogP contribution is 2.24. The molecular formula is C14H12ClFO. The standard InChI is InChI=1S/C14H12ClFO/c15-13-9-12(16)7-6-11(13)8-14(17)10-4-2-1-3-5-10/h1-7,9,14,17H,8H2. The van der Waals surface area contributed by atoms with Crippen molar-refractivity contribution < 1.29 is 9.50 Å². The average molecular weight is 251 g/mol. The van der Waals surface area contributed by atoms with E-state index in [4.69, 9.17) is 11.6 Å². The molecule has 2 rings (SSSR count). The van der Waals surface area contributed by atoms with Crippen LogP contribution in [0.2, 0.25) is 5.02 Å². The van der Waals surface area contributed by atoms with Gasteiger partial charge < -0.3 is 5.11 Å². The first-order chi connectivity index (χ1) is 8.16. The topological polar surface area (TPSA) is 20.2 Å². The first-order valence-corrected chi connectivity index (χ1v) is 5.71. The van der Waals surface area contributed by atoms with Crippen molar-refractivity contribution in [3.63, 3.8) is 0 Å². The van der Waals surface area contributed by atoms with E-state index >= 15 is 0 Å². The van der Waals surface area contributed by atoms with E-state index in [1.807, 2.05) is 30.3 Å². The van der Waals surface area contributed by atoms with E-state index in [0.717, 1.165) is 11.1 Å². The molecule has 88 valence electrons. The van der Waals surface area contributed by atoms with Gasteiger partial charge in [-0.15, -0.1) is 0 Å². The molecule has 0 amide bonds. The molecular weight excluding hydrogens is 239 g/mol. The summed E-state index contributed by atoms with van der Waals surface area (Å²) in [5, 5.41) is 10.4. The van der Waals surface area contributed by atoms with E-state index in [0.29, 0.717) is 11.4 Å². The summed E-state index contributed by atoms with van der Waals surface area (Å²) in [6.45, 7) is 0. The first kappa shape index (κ1) is 12.1. The highest BCUT2D eigenvalue weighted by Gasteiger charge is 2.10. The molecule has 2 aromatic rings. The predicted octanol–water partition coefficient (Wildman–Crippen LogP) is 3.76. The molecule has 1 atom stereocenters. The minimum atomic E-state index is -0.626. The molecule has 0 bridgehead atoms. The quantitative estimate of drug-likeness (QED) is 0.880. The molecule has 2 aromatic carbocycles. The third-order valence-corrected chi connectivity index (χ3v) is 2.96. The fraction of sp³-hybridized carbons (Fsp3) is 0.143. The fourth-order valence-electron chi connectivity index (χ4n) is 1.69. The summed E-state index contributed by atoms with van der Waals surface area (Å²) in [7, 11) is 0. The van der Waals surface area contributed by atoms with Crippen LogP contribution < -0.4 is 0 Å². The van der Waals surface area contributed by atoms with E-state index in [2.05, 4.69) is 0 Å². The largest absolute Gasteiger partial charge is 0.388 e. The normalized spacial score (nSPS) is 12.4. The summed E-state index contributed by atoms with van der Waals surface area (Å²) in [6, 6.07) is 13.5. The highest BCUT2D eigenvalue weighted by atomic mass is 35.5. The number of aliphatic hydroxyl groups is 1. The van der Waals surface area contributed by atoms with Gasteiger partial charge in [0, 0.05) is 11.4 Å². The first-order valence-electron chi connectivity index (χ1n) is 5.34. The lowest BCUT2D eigenvalue weighted by atomic mass is 10.0. The summed E-state index contributed by atoms with van der Waals surface area (Å²) >= 11 is 5.91. The van der Waals surface area contributed by atoms with Crippen LogP contribution in [0.5, 0.6) is 0 Å². The monoisotopic (exact) mass is 250 g/mol. The van der Waals surface area contributed by atoms with Crippen LogP contribution in [-0.4, -0.2) is 5.11 Å². The van der Waals surface area contributed by atoms with Crippen molar-refractivity contribution in [3.05, 3.63) is 70.5 Å². The number of hydrogen-bond donors (Lipinski definition) is 1. The lowest BCUT2D eigenvalue weighted by molar-refractivity contribution is 0.178. The Balaban J connectivity index is 2.16. The molecule has 0 heterocycles. The molecule has 0 aliphatic rings. The van der Waals surface area contributed by atoms with Crippen molar-refractivity contribution >= 4 is 11.6 Å². The van der Waals surface area contributed by atoms with Crippen LogP contribution in [-0.2, 0) is 6.42 Å². The Labute approximate surface area is 104 Å². The number of halogens is 2. The predicted molar refractivity (Wildman–Crippen MR) is 66.5 cm³/mol. The highest BCUT2D eigenvalue weighted by molar-refractivity contribution is 6.31. The molecule has 0 saturated heterocycles. The van der Waals surface area contributed by atoms with Gasteiger partial charge in [0.2, 0.25) is 0 Å². The molecule has 1 unspecified atom stereocenters. The Kier molecular flexibility index (Phi) is 3.77. The Morgan fingerprint density at radius 2 is 1.82 bits per heavy atom. The summed E-state index contributed by atoms with van der Waals surface area (Å²) in [5.41, 5.74) is 1.57. The molecule has 0 radical (unpaired) electrons. The summed E-state index contributed by atoms with van der Waals surface area (Å²) < 4.78 is 12.9. The average Bonchev–Trinajstić information content (AvgIpc) is 2.34. The molecule has 0 aliphatic carbocycles. The molecule has 17 heavy (non-hydrogen) atoms. The van der Waals surface area contributed by atoms with Crippen molar-refractivity contribution in [2.75, 3.05) is 0 Å². The second-order valence-corrected chi connectivity index (χ2v) is 4.27. The third-order valence-electron chi connectivity index (χ3n) is 2.61. The maximum absolute atomic E-state index is 12.9. The number of rotatable bonds is 3. The van der Waals surface area contributed by atoms with E-state index in [1.54, 1.807) is 6.07 Å². The second-order valence-electron chi connectivity index (χ2n) is 3.87.